The van der Waals surface area contributed by atoms with Gasteiger partial charge in [-0.3, -0.25) is 9.59 Å². The lowest BCUT2D eigenvalue weighted by atomic mass is 9.97. The van der Waals surface area contributed by atoms with E-state index in [4.69, 9.17) is 4.74 Å². The van der Waals surface area contributed by atoms with Crippen LogP contribution in [0.3, 0.4) is 0 Å². The van der Waals surface area contributed by atoms with Crippen LogP contribution in [0.25, 0.3) is 0 Å². The Morgan fingerprint density at radius 2 is 2.16 bits per heavy atom. The van der Waals surface area contributed by atoms with Gasteiger partial charge in [0.1, 0.15) is 5.69 Å². The van der Waals surface area contributed by atoms with Crippen LogP contribution in [0.15, 0.2) is 5.38 Å². The number of piperidine rings is 1. The number of rotatable bonds is 3. The molecule has 0 aromatic carbocycles. The van der Waals surface area contributed by atoms with E-state index in [2.05, 4.69) is 4.98 Å². The van der Waals surface area contributed by atoms with E-state index in [0.29, 0.717) is 38.2 Å². The maximum Gasteiger partial charge on any atom is 0.309 e. The fourth-order valence-electron chi connectivity index (χ4n) is 2.20. The Balaban J connectivity index is 1.89. The predicted octanol–water partition coefficient (Wildman–Crippen LogP) is 1.87. The van der Waals surface area contributed by atoms with Crippen molar-refractivity contribution in [1.29, 1.82) is 0 Å². The lowest BCUT2D eigenvalue weighted by molar-refractivity contribution is -0.149. The van der Waals surface area contributed by atoms with Crippen molar-refractivity contribution in [3.05, 3.63) is 16.1 Å². The van der Waals surface area contributed by atoms with Gasteiger partial charge in [0, 0.05) is 18.5 Å². The van der Waals surface area contributed by atoms with Crippen LogP contribution in [-0.4, -0.2) is 41.5 Å². The Labute approximate surface area is 116 Å². The topological polar surface area (TPSA) is 59.5 Å². The van der Waals surface area contributed by atoms with Gasteiger partial charge in [-0.15, -0.1) is 11.3 Å². The highest BCUT2D eigenvalue weighted by atomic mass is 32.1. The van der Waals surface area contributed by atoms with Crippen LogP contribution >= 0.6 is 11.3 Å². The molecule has 6 heteroatoms. The van der Waals surface area contributed by atoms with E-state index in [9.17, 15) is 9.59 Å². The van der Waals surface area contributed by atoms with Crippen LogP contribution in [0, 0.1) is 12.8 Å². The summed E-state index contributed by atoms with van der Waals surface area (Å²) in [5.41, 5.74) is 0.511. The number of hydrogen-bond acceptors (Lipinski definition) is 5. The molecule has 0 unspecified atom stereocenters. The van der Waals surface area contributed by atoms with Gasteiger partial charge >= 0.3 is 5.97 Å². The van der Waals surface area contributed by atoms with Crippen molar-refractivity contribution in [3.8, 4) is 0 Å². The summed E-state index contributed by atoms with van der Waals surface area (Å²) in [6.45, 7) is 5.30. The number of esters is 1. The normalized spacial score (nSPS) is 16.4. The van der Waals surface area contributed by atoms with Gasteiger partial charge in [-0.1, -0.05) is 0 Å². The molecule has 1 aliphatic rings. The van der Waals surface area contributed by atoms with Crippen LogP contribution in [0.4, 0.5) is 0 Å². The van der Waals surface area contributed by atoms with Crippen molar-refractivity contribution in [2.45, 2.75) is 26.7 Å². The molecule has 1 fully saturated rings. The van der Waals surface area contributed by atoms with Crippen LogP contribution in [-0.2, 0) is 9.53 Å². The molecule has 0 N–H and O–H groups in total. The molecular formula is C13H18N2O3S. The number of aryl methyl sites for hydroxylation is 1. The van der Waals surface area contributed by atoms with E-state index in [0.717, 1.165) is 5.01 Å². The average molecular weight is 282 g/mol. The first-order valence-corrected chi connectivity index (χ1v) is 7.37. The molecule has 2 heterocycles. The Kier molecular flexibility index (Phi) is 4.52. The van der Waals surface area contributed by atoms with E-state index in [-0.39, 0.29) is 17.8 Å². The van der Waals surface area contributed by atoms with Gasteiger partial charge < -0.3 is 9.64 Å². The summed E-state index contributed by atoms with van der Waals surface area (Å²) >= 11 is 1.48. The van der Waals surface area contributed by atoms with Gasteiger partial charge in [0.25, 0.3) is 5.91 Å². The molecule has 0 saturated carbocycles. The average Bonchev–Trinajstić information content (AvgIpc) is 2.85. The quantitative estimate of drug-likeness (QED) is 0.794. The smallest absolute Gasteiger partial charge is 0.309 e. The highest BCUT2D eigenvalue weighted by Gasteiger charge is 2.29. The van der Waals surface area contributed by atoms with Crippen LogP contribution in [0.1, 0.15) is 35.3 Å². The molecule has 0 spiro atoms. The van der Waals surface area contributed by atoms with Crippen molar-refractivity contribution in [3.63, 3.8) is 0 Å². The second-order valence-corrected chi connectivity index (χ2v) is 5.63. The first-order valence-electron chi connectivity index (χ1n) is 6.50. The Morgan fingerprint density at radius 3 is 2.68 bits per heavy atom. The third-order valence-corrected chi connectivity index (χ3v) is 4.01. The van der Waals surface area contributed by atoms with Crippen molar-refractivity contribution < 1.29 is 14.3 Å². The minimum absolute atomic E-state index is 0.0355. The number of aromatic nitrogens is 1. The van der Waals surface area contributed by atoms with E-state index < -0.39 is 0 Å². The van der Waals surface area contributed by atoms with Crippen LogP contribution in [0.2, 0.25) is 0 Å². The second-order valence-electron chi connectivity index (χ2n) is 4.57. The molecule has 1 amide bonds. The lowest BCUT2D eigenvalue weighted by Gasteiger charge is -2.30. The van der Waals surface area contributed by atoms with E-state index in [1.807, 2.05) is 6.92 Å². The van der Waals surface area contributed by atoms with Gasteiger partial charge in [0.05, 0.1) is 17.5 Å². The summed E-state index contributed by atoms with van der Waals surface area (Å²) in [4.78, 5) is 29.8. The Morgan fingerprint density at radius 1 is 1.47 bits per heavy atom. The number of amides is 1. The molecule has 2 rings (SSSR count). The zero-order valence-electron chi connectivity index (χ0n) is 11.2. The summed E-state index contributed by atoms with van der Waals surface area (Å²) in [6.07, 6.45) is 1.35. The first-order chi connectivity index (χ1) is 9.11. The number of carbonyl (C=O) groups is 2. The summed E-state index contributed by atoms with van der Waals surface area (Å²) < 4.78 is 5.01. The molecule has 0 radical (unpaired) electrons. The number of hydrogen-bond donors (Lipinski definition) is 0. The molecule has 104 valence electrons. The van der Waals surface area contributed by atoms with Gasteiger partial charge in [0.2, 0.25) is 0 Å². The minimum Gasteiger partial charge on any atom is -0.466 e. The molecule has 5 nitrogen and oxygen atoms in total. The largest absolute Gasteiger partial charge is 0.466 e. The van der Waals surface area contributed by atoms with Gasteiger partial charge in [-0.25, -0.2) is 4.98 Å². The number of nitrogens with zero attached hydrogens (tertiary/aromatic N) is 2. The van der Waals surface area contributed by atoms with Crippen molar-refractivity contribution >= 4 is 23.2 Å². The number of carbonyl (C=O) groups excluding carboxylic acids is 2. The fraction of sp³-hybridized carbons (Fsp3) is 0.615. The zero-order valence-corrected chi connectivity index (χ0v) is 12.0. The highest BCUT2D eigenvalue weighted by Crippen LogP contribution is 2.20. The highest BCUT2D eigenvalue weighted by molar-refractivity contribution is 7.09. The number of ether oxygens (including phenoxy) is 1. The standard InChI is InChI=1S/C13H18N2O3S/c1-3-18-13(17)10-4-6-15(7-5-10)12(16)11-8-19-9(2)14-11/h8,10H,3-7H2,1-2H3. The maximum atomic E-state index is 12.2. The summed E-state index contributed by atoms with van der Waals surface area (Å²) in [5, 5.41) is 2.68. The molecule has 0 atom stereocenters. The third kappa shape index (κ3) is 3.32. The zero-order chi connectivity index (χ0) is 13.8. The monoisotopic (exact) mass is 282 g/mol. The fourth-order valence-corrected chi connectivity index (χ4v) is 2.79. The van der Waals surface area contributed by atoms with Gasteiger partial charge in [0.15, 0.2) is 0 Å². The molecular weight excluding hydrogens is 264 g/mol. The molecule has 1 aliphatic heterocycles. The summed E-state index contributed by atoms with van der Waals surface area (Å²) in [6, 6.07) is 0. The number of thiazole rings is 1. The van der Waals surface area contributed by atoms with Gasteiger partial charge in [-0.2, -0.15) is 0 Å². The van der Waals surface area contributed by atoms with E-state index in [1.165, 1.54) is 11.3 Å². The first kappa shape index (κ1) is 14.0. The molecule has 1 aromatic rings. The number of likely N-dealkylation sites (tertiary alicyclic amines) is 1. The van der Waals surface area contributed by atoms with Crippen molar-refractivity contribution in [2.75, 3.05) is 19.7 Å². The molecule has 1 aromatic heterocycles. The predicted molar refractivity (Wildman–Crippen MR) is 72.1 cm³/mol. The minimum atomic E-state index is -0.140. The Bertz CT molecular complexity index is 464. The second kappa shape index (κ2) is 6.14. The van der Waals surface area contributed by atoms with E-state index >= 15 is 0 Å². The summed E-state index contributed by atoms with van der Waals surface area (Å²) in [5.74, 6) is -0.244. The van der Waals surface area contributed by atoms with E-state index in [1.54, 1.807) is 17.2 Å². The molecule has 19 heavy (non-hydrogen) atoms. The summed E-state index contributed by atoms with van der Waals surface area (Å²) in [7, 11) is 0. The SMILES string of the molecule is CCOC(=O)C1CCN(C(=O)c2csc(C)n2)CC1. The van der Waals surface area contributed by atoms with Crippen LogP contribution in [0.5, 0.6) is 0 Å². The van der Waals surface area contributed by atoms with Crippen molar-refractivity contribution in [1.82, 2.24) is 9.88 Å². The lowest BCUT2D eigenvalue weighted by Crippen LogP contribution is -2.40. The molecule has 1 saturated heterocycles. The third-order valence-electron chi connectivity index (χ3n) is 3.24. The Hall–Kier alpha value is -1.43. The van der Waals surface area contributed by atoms with Gasteiger partial charge in [-0.05, 0) is 26.7 Å². The van der Waals surface area contributed by atoms with Crippen molar-refractivity contribution in [2.24, 2.45) is 5.92 Å². The van der Waals surface area contributed by atoms with Crippen LogP contribution < -0.4 is 0 Å². The molecule has 0 aliphatic carbocycles. The molecule has 0 bridgehead atoms. The maximum absolute atomic E-state index is 12.2.